The Kier molecular flexibility index (Phi) is 6.14. The minimum atomic E-state index is -0.329. The van der Waals surface area contributed by atoms with Crippen LogP contribution in [-0.4, -0.2) is 18.5 Å². The van der Waals surface area contributed by atoms with E-state index in [0.717, 1.165) is 35.7 Å². The number of carbonyl (C=O) groups is 2. The Hall–Kier alpha value is -1.66. The molecule has 2 aromatic rings. The zero-order valence-corrected chi connectivity index (χ0v) is 17.3. The summed E-state index contributed by atoms with van der Waals surface area (Å²) in [5, 5.41) is 3.55. The Morgan fingerprint density at radius 2 is 2.04 bits per heavy atom. The predicted octanol–water partition coefficient (Wildman–Crippen LogP) is 5.45. The fourth-order valence-corrected chi connectivity index (χ4v) is 4.76. The van der Waals surface area contributed by atoms with Crippen molar-refractivity contribution in [2.75, 3.05) is 11.9 Å². The summed E-state index contributed by atoms with van der Waals surface area (Å²) in [6, 6.07) is 7.16. The van der Waals surface area contributed by atoms with Gasteiger partial charge in [-0.2, -0.15) is 0 Å². The van der Waals surface area contributed by atoms with Crippen LogP contribution in [0.4, 0.5) is 5.00 Å². The number of benzene rings is 1. The van der Waals surface area contributed by atoms with E-state index < -0.39 is 0 Å². The predicted molar refractivity (Wildman–Crippen MR) is 108 cm³/mol. The number of esters is 1. The van der Waals surface area contributed by atoms with Crippen LogP contribution in [0.25, 0.3) is 0 Å². The number of hydrogen-bond acceptors (Lipinski definition) is 4. The van der Waals surface area contributed by atoms with Gasteiger partial charge in [-0.05, 0) is 61.4 Å². The van der Waals surface area contributed by atoms with Crippen LogP contribution >= 0.6 is 27.3 Å². The van der Waals surface area contributed by atoms with Crippen molar-refractivity contribution in [1.29, 1.82) is 0 Å². The third-order valence-corrected chi connectivity index (χ3v) is 6.19. The summed E-state index contributed by atoms with van der Waals surface area (Å²) in [5.74, 6) is 0.0504. The van der Waals surface area contributed by atoms with Crippen molar-refractivity contribution >= 4 is 44.1 Å². The Morgan fingerprint density at radius 3 is 2.73 bits per heavy atom. The summed E-state index contributed by atoms with van der Waals surface area (Å²) in [4.78, 5) is 26.4. The fraction of sp³-hybridized carbons (Fsp3) is 0.400. The zero-order valence-electron chi connectivity index (χ0n) is 14.9. The Balaban J connectivity index is 1.91. The lowest BCUT2D eigenvalue weighted by molar-refractivity contribution is 0.0505. The van der Waals surface area contributed by atoms with E-state index in [0.29, 0.717) is 28.7 Å². The highest BCUT2D eigenvalue weighted by atomic mass is 79.9. The van der Waals surface area contributed by atoms with Crippen LogP contribution in [0.3, 0.4) is 0 Å². The van der Waals surface area contributed by atoms with Crippen molar-refractivity contribution < 1.29 is 14.3 Å². The first-order valence-corrected chi connectivity index (χ1v) is 10.5. The number of anilines is 1. The second kappa shape index (κ2) is 8.35. The number of amides is 1. The maximum absolute atomic E-state index is 12.6. The average molecular weight is 436 g/mol. The van der Waals surface area contributed by atoms with Gasteiger partial charge in [-0.25, -0.2) is 4.79 Å². The number of fused-ring (bicyclic) bond motifs is 1. The molecule has 0 unspecified atom stereocenters. The van der Waals surface area contributed by atoms with Crippen molar-refractivity contribution in [1.82, 2.24) is 0 Å². The number of halogens is 1. The number of ether oxygens (including phenoxy) is 1. The first kappa shape index (κ1) is 19.1. The van der Waals surface area contributed by atoms with E-state index in [1.54, 1.807) is 12.1 Å². The summed E-state index contributed by atoms with van der Waals surface area (Å²) in [7, 11) is 0. The van der Waals surface area contributed by atoms with Gasteiger partial charge in [0.1, 0.15) is 5.00 Å². The molecule has 1 atom stereocenters. The van der Waals surface area contributed by atoms with E-state index in [1.165, 1.54) is 16.2 Å². The lowest BCUT2D eigenvalue weighted by Gasteiger charge is -2.18. The minimum absolute atomic E-state index is 0.214. The number of rotatable bonds is 5. The van der Waals surface area contributed by atoms with Gasteiger partial charge in [0.2, 0.25) is 0 Å². The normalized spacial score (nSPS) is 16.0. The Labute approximate surface area is 166 Å². The van der Waals surface area contributed by atoms with Crippen molar-refractivity contribution in [3.63, 3.8) is 0 Å². The van der Waals surface area contributed by atoms with E-state index >= 15 is 0 Å². The first-order chi connectivity index (χ1) is 12.5. The van der Waals surface area contributed by atoms with Crippen molar-refractivity contribution in [2.24, 2.45) is 5.92 Å². The van der Waals surface area contributed by atoms with Gasteiger partial charge in [0.05, 0.1) is 12.2 Å². The Morgan fingerprint density at radius 1 is 1.31 bits per heavy atom. The number of thiophene rings is 1. The molecule has 1 aliphatic rings. The monoisotopic (exact) mass is 435 g/mol. The summed E-state index contributed by atoms with van der Waals surface area (Å²) in [6.45, 7) is 4.58. The minimum Gasteiger partial charge on any atom is -0.462 e. The standard InChI is InChI=1S/C20H22BrNO3S/c1-3-10-25-20(24)17-15-9-4-12(2)11-16(15)26-19(17)22-18(23)13-5-7-14(21)8-6-13/h5-8,12H,3-4,9-11H2,1-2H3,(H,22,23)/t12-/m1/s1. The summed E-state index contributed by atoms with van der Waals surface area (Å²) in [6.07, 6.45) is 3.63. The molecule has 0 bridgehead atoms. The third-order valence-electron chi connectivity index (χ3n) is 4.49. The molecule has 1 aliphatic carbocycles. The quantitative estimate of drug-likeness (QED) is 0.634. The molecule has 0 spiro atoms. The number of hydrogen-bond donors (Lipinski definition) is 1. The van der Waals surface area contributed by atoms with Gasteiger partial charge in [-0.3, -0.25) is 4.79 Å². The Bertz CT molecular complexity index is 813. The first-order valence-electron chi connectivity index (χ1n) is 8.88. The average Bonchev–Trinajstić information content (AvgIpc) is 2.97. The molecule has 0 radical (unpaired) electrons. The van der Waals surface area contributed by atoms with Crippen LogP contribution in [0.1, 0.15) is 57.8 Å². The van der Waals surface area contributed by atoms with Crippen molar-refractivity contribution in [3.8, 4) is 0 Å². The van der Waals surface area contributed by atoms with E-state index in [2.05, 4.69) is 28.2 Å². The number of carbonyl (C=O) groups excluding carboxylic acids is 2. The zero-order chi connectivity index (χ0) is 18.7. The van der Waals surface area contributed by atoms with Crippen LogP contribution in [0.2, 0.25) is 0 Å². The lowest BCUT2D eigenvalue weighted by atomic mass is 9.88. The van der Waals surface area contributed by atoms with E-state index in [1.807, 2.05) is 19.1 Å². The van der Waals surface area contributed by atoms with Gasteiger partial charge in [-0.1, -0.05) is 29.8 Å². The van der Waals surface area contributed by atoms with Gasteiger partial charge >= 0.3 is 5.97 Å². The molecule has 0 fully saturated rings. The lowest BCUT2D eigenvalue weighted by Crippen LogP contribution is -2.17. The van der Waals surface area contributed by atoms with Gasteiger partial charge in [-0.15, -0.1) is 11.3 Å². The highest BCUT2D eigenvalue weighted by molar-refractivity contribution is 9.10. The smallest absolute Gasteiger partial charge is 0.341 e. The molecule has 0 aliphatic heterocycles. The molecular formula is C20H22BrNO3S. The van der Waals surface area contributed by atoms with Crippen LogP contribution in [0.5, 0.6) is 0 Å². The molecule has 0 saturated carbocycles. The van der Waals surface area contributed by atoms with Crippen LogP contribution in [-0.2, 0) is 17.6 Å². The van der Waals surface area contributed by atoms with Gasteiger partial charge in [0.15, 0.2) is 0 Å². The van der Waals surface area contributed by atoms with Crippen molar-refractivity contribution in [2.45, 2.75) is 39.5 Å². The molecule has 26 heavy (non-hydrogen) atoms. The second-order valence-electron chi connectivity index (χ2n) is 6.65. The van der Waals surface area contributed by atoms with Crippen molar-refractivity contribution in [3.05, 3.63) is 50.3 Å². The fourth-order valence-electron chi connectivity index (χ4n) is 3.10. The molecule has 1 N–H and O–H groups in total. The highest BCUT2D eigenvalue weighted by Gasteiger charge is 2.29. The largest absolute Gasteiger partial charge is 0.462 e. The molecule has 3 rings (SSSR count). The molecule has 4 nitrogen and oxygen atoms in total. The highest BCUT2D eigenvalue weighted by Crippen LogP contribution is 2.40. The maximum Gasteiger partial charge on any atom is 0.341 e. The molecule has 0 saturated heterocycles. The second-order valence-corrected chi connectivity index (χ2v) is 8.67. The topological polar surface area (TPSA) is 55.4 Å². The van der Waals surface area contributed by atoms with E-state index in [4.69, 9.17) is 4.74 Å². The van der Waals surface area contributed by atoms with Crippen LogP contribution in [0, 0.1) is 5.92 Å². The molecule has 138 valence electrons. The molecule has 6 heteroatoms. The van der Waals surface area contributed by atoms with E-state index in [-0.39, 0.29) is 11.9 Å². The molecule has 1 aromatic heterocycles. The molecule has 1 aromatic carbocycles. The van der Waals surface area contributed by atoms with E-state index in [9.17, 15) is 9.59 Å². The summed E-state index contributed by atoms with van der Waals surface area (Å²) < 4.78 is 6.30. The van der Waals surface area contributed by atoms with Gasteiger partial charge in [0.25, 0.3) is 5.91 Å². The third kappa shape index (κ3) is 4.18. The van der Waals surface area contributed by atoms with Gasteiger partial charge < -0.3 is 10.1 Å². The SMILES string of the molecule is CCCOC(=O)c1c(NC(=O)c2ccc(Br)cc2)sc2c1CC[C@@H](C)C2. The molecule has 1 amide bonds. The number of nitrogens with one attached hydrogen (secondary N) is 1. The van der Waals surface area contributed by atoms with Crippen LogP contribution in [0.15, 0.2) is 28.7 Å². The molecule has 1 heterocycles. The maximum atomic E-state index is 12.6. The summed E-state index contributed by atoms with van der Waals surface area (Å²) >= 11 is 4.88. The summed E-state index contributed by atoms with van der Waals surface area (Å²) in [5.41, 5.74) is 2.16. The molecular weight excluding hydrogens is 414 g/mol. The van der Waals surface area contributed by atoms with Crippen LogP contribution < -0.4 is 5.32 Å². The van der Waals surface area contributed by atoms with Gasteiger partial charge in [0, 0.05) is 14.9 Å².